The fourth-order valence-corrected chi connectivity index (χ4v) is 8.23. The van der Waals surface area contributed by atoms with Crippen molar-refractivity contribution in [2.45, 2.75) is 6.92 Å². The number of hydrogen-bond acceptors (Lipinski definition) is 1. The van der Waals surface area contributed by atoms with Crippen LogP contribution in [0.15, 0.2) is 212 Å². The molecule has 0 unspecified atom stereocenters. The molecule has 2 nitrogen and oxygen atoms in total. The van der Waals surface area contributed by atoms with Crippen molar-refractivity contribution in [3.63, 3.8) is 0 Å². The number of benzene rings is 9. The van der Waals surface area contributed by atoms with Gasteiger partial charge in [0.05, 0.1) is 16.7 Å². The first-order valence-corrected chi connectivity index (χ1v) is 18.9. The fraction of sp³-hybridized carbons (Fsp3) is 0.0189. The second-order valence-corrected chi connectivity index (χ2v) is 14.2. The Morgan fingerprint density at radius 3 is 1.55 bits per heavy atom. The third-order valence-corrected chi connectivity index (χ3v) is 10.9. The minimum absolute atomic E-state index is 1.09. The second-order valence-electron chi connectivity index (χ2n) is 14.2. The van der Waals surface area contributed by atoms with Gasteiger partial charge in [-0.3, -0.25) is 0 Å². The van der Waals surface area contributed by atoms with E-state index in [1.807, 2.05) is 0 Å². The smallest absolute Gasteiger partial charge is 0.0562 e. The molecule has 1 aromatic heterocycles. The molecule has 0 bridgehead atoms. The van der Waals surface area contributed by atoms with Gasteiger partial charge in [0.2, 0.25) is 0 Å². The number of anilines is 3. The van der Waals surface area contributed by atoms with Crippen molar-refractivity contribution in [3.8, 4) is 39.1 Å². The number of aryl methyl sites for hydroxylation is 1. The van der Waals surface area contributed by atoms with Crippen molar-refractivity contribution >= 4 is 49.6 Å². The van der Waals surface area contributed by atoms with Crippen LogP contribution in [0.4, 0.5) is 17.1 Å². The lowest BCUT2D eigenvalue weighted by Gasteiger charge is -2.26. The highest BCUT2D eigenvalue weighted by molar-refractivity contribution is 6.11. The summed E-state index contributed by atoms with van der Waals surface area (Å²) >= 11 is 0. The van der Waals surface area contributed by atoms with Crippen LogP contribution in [0.2, 0.25) is 0 Å². The molecular formula is C53H38N2. The van der Waals surface area contributed by atoms with E-state index in [0.717, 1.165) is 22.6 Å². The summed E-state index contributed by atoms with van der Waals surface area (Å²) in [5.74, 6) is 0. The first kappa shape index (κ1) is 32.5. The van der Waals surface area contributed by atoms with Gasteiger partial charge in [0.1, 0.15) is 0 Å². The van der Waals surface area contributed by atoms with Crippen LogP contribution >= 0.6 is 0 Å². The summed E-state index contributed by atoms with van der Waals surface area (Å²) in [4.78, 5) is 2.38. The lowest BCUT2D eigenvalue weighted by molar-refractivity contribution is 1.17. The molecule has 1 heterocycles. The van der Waals surface area contributed by atoms with Crippen LogP contribution in [0.5, 0.6) is 0 Å². The van der Waals surface area contributed by atoms with E-state index >= 15 is 0 Å². The van der Waals surface area contributed by atoms with Gasteiger partial charge < -0.3 is 9.47 Å². The van der Waals surface area contributed by atoms with Gasteiger partial charge in [-0.2, -0.15) is 0 Å². The number of aromatic nitrogens is 1. The molecule has 260 valence electrons. The highest BCUT2D eigenvalue weighted by Crippen LogP contribution is 2.42. The summed E-state index contributed by atoms with van der Waals surface area (Å²) in [5, 5.41) is 4.95. The maximum Gasteiger partial charge on any atom is 0.0562 e. The third-order valence-electron chi connectivity index (χ3n) is 10.9. The van der Waals surface area contributed by atoms with Gasteiger partial charge in [-0.25, -0.2) is 0 Å². The first-order valence-electron chi connectivity index (χ1n) is 18.9. The average molecular weight is 703 g/mol. The molecule has 10 rings (SSSR count). The van der Waals surface area contributed by atoms with E-state index in [4.69, 9.17) is 0 Å². The number of fused-ring (bicyclic) bond motifs is 4. The van der Waals surface area contributed by atoms with E-state index in [2.05, 4.69) is 229 Å². The minimum Gasteiger partial charge on any atom is -0.310 e. The van der Waals surface area contributed by atoms with Crippen molar-refractivity contribution in [3.05, 3.63) is 218 Å². The number of nitrogens with zero attached hydrogens (tertiary/aromatic N) is 2. The van der Waals surface area contributed by atoms with Gasteiger partial charge in [0, 0.05) is 33.4 Å². The molecule has 55 heavy (non-hydrogen) atoms. The van der Waals surface area contributed by atoms with Crippen molar-refractivity contribution < 1.29 is 0 Å². The molecule has 2 heteroatoms. The molecular weight excluding hydrogens is 665 g/mol. The average Bonchev–Trinajstić information content (AvgIpc) is 3.58. The Balaban J connectivity index is 1.17. The van der Waals surface area contributed by atoms with Crippen molar-refractivity contribution in [1.82, 2.24) is 4.57 Å². The molecule has 0 radical (unpaired) electrons. The molecule has 0 amide bonds. The van der Waals surface area contributed by atoms with E-state index in [-0.39, 0.29) is 0 Å². The maximum absolute atomic E-state index is 2.47. The van der Waals surface area contributed by atoms with Crippen LogP contribution in [0.3, 0.4) is 0 Å². The molecule has 0 aliphatic carbocycles. The Kier molecular flexibility index (Phi) is 8.08. The first-order chi connectivity index (χ1) is 27.2. The Labute approximate surface area is 321 Å². The summed E-state index contributed by atoms with van der Waals surface area (Å²) in [6.07, 6.45) is 0. The largest absolute Gasteiger partial charge is 0.310 e. The monoisotopic (exact) mass is 702 g/mol. The van der Waals surface area contributed by atoms with Crippen LogP contribution in [-0.4, -0.2) is 4.57 Å². The van der Waals surface area contributed by atoms with Crippen LogP contribution in [-0.2, 0) is 0 Å². The number of rotatable bonds is 7. The second kappa shape index (κ2) is 13.7. The Morgan fingerprint density at radius 1 is 0.345 bits per heavy atom. The van der Waals surface area contributed by atoms with Gasteiger partial charge >= 0.3 is 0 Å². The summed E-state index contributed by atoms with van der Waals surface area (Å²) in [6.45, 7) is 2.23. The predicted octanol–water partition coefficient (Wildman–Crippen LogP) is 14.7. The lowest BCUT2D eigenvalue weighted by atomic mass is 9.96. The van der Waals surface area contributed by atoms with Crippen molar-refractivity contribution in [1.29, 1.82) is 0 Å². The summed E-state index contributed by atoms with van der Waals surface area (Å²) in [6, 6.07) is 77.0. The number of para-hydroxylation sites is 1. The summed E-state index contributed by atoms with van der Waals surface area (Å²) < 4.78 is 2.47. The molecule has 0 aliphatic rings. The SMILES string of the molecule is Cc1cccc(-n2c3ccccc3c3ccc(N(c4ccc(-c5ccccc5)cc4)c4ccc(-c5ccccc5)cc4)cc32)c1-c1ccc2ccccc2c1. The number of hydrogen-bond donors (Lipinski definition) is 0. The molecule has 0 saturated heterocycles. The molecule has 0 atom stereocenters. The lowest BCUT2D eigenvalue weighted by Crippen LogP contribution is -2.10. The fourth-order valence-electron chi connectivity index (χ4n) is 8.23. The van der Waals surface area contributed by atoms with Gasteiger partial charge in [-0.1, -0.05) is 158 Å². The van der Waals surface area contributed by atoms with Crippen LogP contribution in [0.25, 0.3) is 71.6 Å². The minimum atomic E-state index is 1.09. The molecule has 0 saturated carbocycles. The zero-order valence-corrected chi connectivity index (χ0v) is 30.6. The van der Waals surface area contributed by atoms with Crippen molar-refractivity contribution in [2.24, 2.45) is 0 Å². The van der Waals surface area contributed by atoms with Gasteiger partial charge in [-0.15, -0.1) is 0 Å². The van der Waals surface area contributed by atoms with Crippen LogP contribution in [0.1, 0.15) is 5.56 Å². The molecule has 0 fully saturated rings. The Hall–Kier alpha value is -7.16. The normalized spacial score (nSPS) is 11.4. The standard InChI is InChI=1S/C53H38N2/c1-37-13-12-22-51(53(37)44-24-23-40-18-8-9-19-43(40)35-44)55-50-21-11-10-20-48(50)49-34-33-47(36-52(49)55)54(45-29-25-41(26-30-45)38-14-4-2-5-15-38)46-31-27-42(28-32-46)39-16-6-3-7-17-39/h2-36H,1H3. The molecule has 0 N–H and O–H groups in total. The molecule has 0 aliphatic heterocycles. The van der Waals surface area contributed by atoms with E-state index in [0.29, 0.717) is 0 Å². The Bertz CT molecular complexity index is 2880. The maximum atomic E-state index is 2.47. The van der Waals surface area contributed by atoms with E-state index in [1.165, 1.54) is 71.7 Å². The summed E-state index contributed by atoms with van der Waals surface area (Å²) in [5.41, 5.74) is 15.3. The predicted molar refractivity (Wildman–Crippen MR) is 234 cm³/mol. The zero-order valence-electron chi connectivity index (χ0n) is 30.6. The van der Waals surface area contributed by atoms with Gasteiger partial charge in [0.15, 0.2) is 0 Å². The molecule has 9 aromatic carbocycles. The van der Waals surface area contributed by atoms with Crippen LogP contribution < -0.4 is 4.90 Å². The topological polar surface area (TPSA) is 8.17 Å². The highest BCUT2D eigenvalue weighted by Gasteiger charge is 2.20. The van der Waals surface area contributed by atoms with Gasteiger partial charge in [-0.05, 0) is 106 Å². The molecule has 0 spiro atoms. The van der Waals surface area contributed by atoms with E-state index < -0.39 is 0 Å². The quantitative estimate of drug-likeness (QED) is 0.160. The summed E-state index contributed by atoms with van der Waals surface area (Å²) in [7, 11) is 0. The van der Waals surface area contributed by atoms with E-state index in [1.54, 1.807) is 0 Å². The van der Waals surface area contributed by atoms with Crippen LogP contribution in [0, 0.1) is 6.92 Å². The Morgan fingerprint density at radius 2 is 0.873 bits per heavy atom. The highest BCUT2D eigenvalue weighted by atomic mass is 15.1. The molecule has 10 aromatic rings. The van der Waals surface area contributed by atoms with Crippen molar-refractivity contribution in [2.75, 3.05) is 4.90 Å². The zero-order chi connectivity index (χ0) is 36.7. The van der Waals surface area contributed by atoms with Gasteiger partial charge in [0.25, 0.3) is 0 Å². The van der Waals surface area contributed by atoms with E-state index in [9.17, 15) is 0 Å². The third kappa shape index (κ3) is 5.85.